The smallest absolute Gasteiger partial charge is 0.217 e. The van der Waals surface area contributed by atoms with Gasteiger partial charge in [0.25, 0.3) is 0 Å². The van der Waals surface area contributed by atoms with Crippen LogP contribution in [-0.2, 0) is 13.0 Å². The van der Waals surface area contributed by atoms with Crippen LogP contribution in [0.2, 0.25) is 0 Å². The molecule has 2 rings (SSSR count). The molecule has 1 aromatic carbocycles. The normalized spacial score (nSPS) is 10.4. The summed E-state index contributed by atoms with van der Waals surface area (Å²) in [6.45, 7) is 1.83. The van der Waals surface area contributed by atoms with Gasteiger partial charge in [-0.1, -0.05) is 36.4 Å². The number of nitrogens with zero attached hydrogens (tertiary/aromatic N) is 1. The van der Waals surface area contributed by atoms with Gasteiger partial charge in [-0.3, -0.25) is 0 Å². The van der Waals surface area contributed by atoms with Crippen LogP contribution < -0.4 is 10.1 Å². The van der Waals surface area contributed by atoms with Gasteiger partial charge in [-0.2, -0.15) is 0 Å². The summed E-state index contributed by atoms with van der Waals surface area (Å²) in [4.78, 5) is 4.19. The lowest BCUT2D eigenvalue weighted by molar-refractivity contribution is 0.390. The Bertz CT molecular complexity index is 499. The van der Waals surface area contributed by atoms with Crippen molar-refractivity contribution in [1.29, 1.82) is 0 Å². The van der Waals surface area contributed by atoms with E-state index in [4.69, 9.17) is 4.74 Å². The van der Waals surface area contributed by atoms with Crippen molar-refractivity contribution in [2.45, 2.75) is 25.8 Å². The fourth-order valence-corrected chi connectivity index (χ4v) is 2.19. The molecule has 0 spiro atoms. The predicted octanol–water partition coefficient (Wildman–Crippen LogP) is 3.20. The Morgan fingerprint density at radius 1 is 1.05 bits per heavy atom. The number of pyridine rings is 1. The molecule has 20 heavy (non-hydrogen) atoms. The Labute approximate surface area is 121 Å². The lowest BCUT2D eigenvalue weighted by Gasteiger charge is -2.08. The van der Waals surface area contributed by atoms with E-state index in [0.717, 1.165) is 25.1 Å². The van der Waals surface area contributed by atoms with Gasteiger partial charge < -0.3 is 10.1 Å². The van der Waals surface area contributed by atoms with E-state index in [2.05, 4.69) is 40.6 Å². The second kappa shape index (κ2) is 8.33. The van der Waals surface area contributed by atoms with Gasteiger partial charge in [-0.25, -0.2) is 4.98 Å². The van der Waals surface area contributed by atoms with Gasteiger partial charge in [0.2, 0.25) is 5.88 Å². The number of aryl methyl sites for hydroxylation is 1. The lowest BCUT2D eigenvalue weighted by atomic mass is 10.1. The average Bonchev–Trinajstić information content (AvgIpc) is 2.52. The molecule has 0 fully saturated rings. The third-order valence-electron chi connectivity index (χ3n) is 3.27. The van der Waals surface area contributed by atoms with Crippen LogP contribution >= 0.6 is 0 Å². The van der Waals surface area contributed by atoms with E-state index in [-0.39, 0.29) is 0 Å². The average molecular weight is 270 g/mol. The van der Waals surface area contributed by atoms with E-state index in [0.29, 0.717) is 5.88 Å². The first-order valence-corrected chi connectivity index (χ1v) is 7.12. The van der Waals surface area contributed by atoms with Crippen LogP contribution in [0.25, 0.3) is 0 Å². The second-order valence-corrected chi connectivity index (χ2v) is 4.79. The number of hydrogen-bond acceptors (Lipinski definition) is 3. The molecule has 0 aliphatic carbocycles. The maximum atomic E-state index is 5.23. The molecule has 0 aliphatic heterocycles. The Morgan fingerprint density at radius 3 is 2.70 bits per heavy atom. The van der Waals surface area contributed by atoms with Gasteiger partial charge >= 0.3 is 0 Å². The minimum Gasteiger partial charge on any atom is -0.481 e. The van der Waals surface area contributed by atoms with Crippen LogP contribution in [0, 0.1) is 0 Å². The number of unbranched alkanes of at least 4 members (excludes halogenated alkanes) is 1. The van der Waals surface area contributed by atoms with Crippen molar-refractivity contribution >= 4 is 0 Å². The standard InChI is InChI=1S/C17H22N2O/c1-20-17-16(11-7-13-19-17)14-18-12-6-5-10-15-8-3-2-4-9-15/h2-4,7-9,11,13,18H,5-6,10,12,14H2,1H3. The maximum absolute atomic E-state index is 5.23. The molecule has 0 saturated heterocycles. The summed E-state index contributed by atoms with van der Waals surface area (Å²) in [5, 5.41) is 3.44. The number of methoxy groups -OCH3 is 1. The van der Waals surface area contributed by atoms with Crippen molar-refractivity contribution in [3.63, 3.8) is 0 Å². The number of nitrogens with one attached hydrogen (secondary N) is 1. The summed E-state index contributed by atoms with van der Waals surface area (Å²) in [6, 6.07) is 14.6. The molecule has 0 atom stereocenters. The van der Waals surface area contributed by atoms with E-state index in [1.807, 2.05) is 12.1 Å². The van der Waals surface area contributed by atoms with Gasteiger partial charge in [0.1, 0.15) is 0 Å². The Kier molecular flexibility index (Phi) is 6.06. The monoisotopic (exact) mass is 270 g/mol. The molecule has 0 saturated carbocycles. The summed E-state index contributed by atoms with van der Waals surface area (Å²) in [7, 11) is 1.66. The van der Waals surface area contributed by atoms with Crippen LogP contribution in [0.5, 0.6) is 5.88 Å². The zero-order chi connectivity index (χ0) is 14.0. The quantitative estimate of drug-likeness (QED) is 0.748. The number of ether oxygens (including phenoxy) is 1. The van der Waals surface area contributed by atoms with Crippen molar-refractivity contribution in [2.24, 2.45) is 0 Å². The number of aromatic nitrogens is 1. The molecule has 0 amide bonds. The van der Waals surface area contributed by atoms with Crippen LogP contribution in [0.15, 0.2) is 48.7 Å². The zero-order valence-electron chi connectivity index (χ0n) is 12.0. The van der Waals surface area contributed by atoms with Gasteiger partial charge in [0, 0.05) is 18.3 Å². The largest absolute Gasteiger partial charge is 0.481 e. The first kappa shape index (κ1) is 14.5. The van der Waals surface area contributed by atoms with E-state index in [1.54, 1.807) is 13.3 Å². The Morgan fingerprint density at radius 2 is 1.90 bits per heavy atom. The molecule has 3 nitrogen and oxygen atoms in total. The third-order valence-corrected chi connectivity index (χ3v) is 3.27. The predicted molar refractivity (Wildman–Crippen MR) is 81.9 cm³/mol. The van der Waals surface area contributed by atoms with Crippen LogP contribution in [0.3, 0.4) is 0 Å². The zero-order valence-corrected chi connectivity index (χ0v) is 12.0. The molecule has 3 heteroatoms. The summed E-state index contributed by atoms with van der Waals surface area (Å²) < 4.78 is 5.23. The molecule has 1 N–H and O–H groups in total. The third kappa shape index (κ3) is 4.67. The van der Waals surface area contributed by atoms with E-state index >= 15 is 0 Å². The van der Waals surface area contributed by atoms with Crippen molar-refractivity contribution < 1.29 is 4.74 Å². The fraction of sp³-hybridized carbons (Fsp3) is 0.353. The maximum Gasteiger partial charge on any atom is 0.217 e. The molecule has 1 aromatic heterocycles. The lowest BCUT2D eigenvalue weighted by Crippen LogP contribution is -2.15. The highest BCUT2D eigenvalue weighted by Crippen LogP contribution is 2.12. The SMILES string of the molecule is COc1ncccc1CNCCCCc1ccccc1. The summed E-state index contributed by atoms with van der Waals surface area (Å²) in [6.07, 6.45) is 5.29. The van der Waals surface area contributed by atoms with E-state index in [9.17, 15) is 0 Å². The molecule has 0 unspecified atom stereocenters. The van der Waals surface area contributed by atoms with Gasteiger partial charge in [0.05, 0.1) is 7.11 Å². The highest BCUT2D eigenvalue weighted by atomic mass is 16.5. The van der Waals surface area contributed by atoms with Crippen LogP contribution in [0.1, 0.15) is 24.0 Å². The summed E-state index contributed by atoms with van der Waals surface area (Å²) >= 11 is 0. The Hall–Kier alpha value is -1.87. The minimum atomic E-state index is 0.712. The van der Waals surface area contributed by atoms with Crippen LogP contribution in [0.4, 0.5) is 0 Å². The first-order chi connectivity index (χ1) is 9.90. The van der Waals surface area contributed by atoms with Crippen LogP contribution in [-0.4, -0.2) is 18.6 Å². The summed E-state index contributed by atoms with van der Waals surface area (Å²) in [5.41, 5.74) is 2.53. The molecule has 0 aliphatic rings. The molecule has 106 valence electrons. The Balaban J connectivity index is 1.62. The van der Waals surface area contributed by atoms with Crippen molar-refractivity contribution in [2.75, 3.05) is 13.7 Å². The number of hydrogen-bond donors (Lipinski definition) is 1. The molecule has 1 heterocycles. The molecular formula is C17H22N2O. The molecule has 0 radical (unpaired) electrons. The first-order valence-electron chi connectivity index (χ1n) is 7.12. The second-order valence-electron chi connectivity index (χ2n) is 4.79. The number of benzene rings is 1. The van der Waals surface area contributed by atoms with Crippen molar-refractivity contribution in [3.8, 4) is 5.88 Å². The molecule has 0 bridgehead atoms. The minimum absolute atomic E-state index is 0.712. The van der Waals surface area contributed by atoms with Gasteiger partial charge in [0.15, 0.2) is 0 Å². The van der Waals surface area contributed by atoms with Crippen molar-refractivity contribution in [3.05, 3.63) is 59.8 Å². The number of rotatable bonds is 8. The fourth-order valence-electron chi connectivity index (χ4n) is 2.19. The molecular weight excluding hydrogens is 248 g/mol. The highest BCUT2D eigenvalue weighted by molar-refractivity contribution is 5.24. The van der Waals surface area contributed by atoms with E-state index in [1.165, 1.54) is 18.4 Å². The van der Waals surface area contributed by atoms with Crippen molar-refractivity contribution in [1.82, 2.24) is 10.3 Å². The van der Waals surface area contributed by atoms with Gasteiger partial charge in [-0.05, 0) is 37.4 Å². The topological polar surface area (TPSA) is 34.1 Å². The highest BCUT2D eigenvalue weighted by Gasteiger charge is 2.01. The van der Waals surface area contributed by atoms with E-state index < -0.39 is 0 Å². The summed E-state index contributed by atoms with van der Waals surface area (Å²) in [5.74, 6) is 0.712. The molecule has 2 aromatic rings. The van der Waals surface area contributed by atoms with Gasteiger partial charge in [-0.15, -0.1) is 0 Å².